The first-order valence-corrected chi connectivity index (χ1v) is 15.1. The van der Waals surface area contributed by atoms with Gasteiger partial charge in [-0.2, -0.15) is 0 Å². The average molecular weight is 607 g/mol. The number of halogens is 1. The molecule has 0 aromatic heterocycles. The highest BCUT2D eigenvalue weighted by molar-refractivity contribution is 9.10. The fourth-order valence-electron chi connectivity index (χ4n) is 7.22. The van der Waals surface area contributed by atoms with Crippen LogP contribution < -0.4 is 9.47 Å². The molecule has 1 saturated carbocycles. The van der Waals surface area contributed by atoms with E-state index in [1.807, 2.05) is 53.4 Å². The van der Waals surface area contributed by atoms with E-state index in [1.54, 1.807) is 0 Å². The van der Waals surface area contributed by atoms with Gasteiger partial charge in [-0.3, -0.25) is 0 Å². The topological polar surface area (TPSA) is 68.2 Å². The van der Waals surface area contributed by atoms with Gasteiger partial charge in [0.15, 0.2) is 11.5 Å². The molecular weight excluding hydrogens is 570 g/mol. The van der Waals surface area contributed by atoms with Gasteiger partial charge in [0.2, 0.25) is 0 Å². The Morgan fingerprint density at radius 3 is 2.42 bits per heavy atom. The van der Waals surface area contributed by atoms with E-state index in [1.165, 1.54) is 24.0 Å². The molecule has 2 bridgehead atoms. The maximum Gasteiger partial charge on any atom is 0.410 e. The number of hydrogen-bond acceptors (Lipinski definition) is 5. The molecule has 1 heterocycles. The van der Waals surface area contributed by atoms with Crippen LogP contribution in [0, 0.1) is 5.92 Å². The molecule has 3 aliphatic rings. The summed E-state index contributed by atoms with van der Waals surface area (Å²) in [6.45, 7) is 1.49. The number of carbonyl (C=O) groups is 1. The fourth-order valence-corrected chi connectivity index (χ4v) is 7.90. The first kappa shape index (κ1) is 27.2. The van der Waals surface area contributed by atoms with Crippen LogP contribution in [0.1, 0.15) is 54.4 Å². The highest BCUT2D eigenvalue weighted by atomic mass is 79.9. The molecule has 1 saturated heterocycles. The van der Waals surface area contributed by atoms with Crippen molar-refractivity contribution in [2.24, 2.45) is 5.92 Å². The zero-order valence-electron chi connectivity index (χ0n) is 22.7. The summed E-state index contributed by atoms with van der Waals surface area (Å²) in [5.41, 5.74) is 4.59. The Labute approximate surface area is 244 Å². The summed E-state index contributed by atoms with van der Waals surface area (Å²) in [6, 6.07) is 22.2. The van der Waals surface area contributed by atoms with Gasteiger partial charge in [0.25, 0.3) is 0 Å². The largest absolute Gasteiger partial charge is 0.486 e. The van der Waals surface area contributed by atoms with Gasteiger partial charge in [-0.05, 0) is 75.9 Å². The number of ether oxygens (including phenoxy) is 3. The molecule has 6 nitrogen and oxygen atoms in total. The average Bonchev–Trinajstić information content (AvgIpc) is 3.00. The van der Waals surface area contributed by atoms with E-state index >= 15 is 0 Å². The van der Waals surface area contributed by atoms with Crippen LogP contribution in [0.4, 0.5) is 4.79 Å². The summed E-state index contributed by atoms with van der Waals surface area (Å²) in [4.78, 5) is 15.4. The SMILES string of the molecule is O=C(OCc1ccccc1)N1CC[C@@]23CCCC[C@@H]2[C@@H]1Cc1c3cc(OCc2ccccc2)c(OCCO)c1Br. The molecule has 2 fully saturated rings. The molecule has 1 N–H and O–H groups in total. The van der Waals surface area contributed by atoms with E-state index < -0.39 is 0 Å². The van der Waals surface area contributed by atoms with Gasteiger partial charge in [0, 0.05) is 18.0 Å². The second kappa shape index (κ2) is 11.8. The Morgan fingerprint density at radius 1 is 0.975 bits per heavy atom. The van der Waals surface area contributed by atoms with Crippen molar-refractivity contribution in [3.05, 3.63) is 93.5 Å². The molecule has 210 valence electrons. The van der Waals surface area contributed by atoms with Crippen molar-refractivity contribution in [1.29, 1.82) is 0 Å². The molecule has 7 heteroatoms. The van der Waals surface area contributed by atoms with Gasteiger partial charge in [0.1, 0.15) is 19.8 Å². The van der Waals surface area contributed by atoms with E-state index in [2.05, 4.69) is 34.1 Å². The molecule has 0 radical (unpaired) electrons. The first-order valence-electron chi connectivity index (χ1n) is 14.3. The van der Waals surface area contributed by atoms with Crippen LogP contribution in [-0.4, -0.2) is 41.9 Å². The molecule has 1 aliphatic heterocycles. The summed E-state index contributed by atoms with van der Waals surface area (Å²) in [6.07, 6.45) is 5.98. The number of rotatable bonds is 8. The molecule has 2 aliphatic carbocycles. The third kappa shape index (κ3) is 5.10. The van der Waals surface area contributed by atoms with Gasteiger partial charge in [-0.25, -0.2) is 4.79 Å². The van der Waals surface area contributed by atoms with Crippen LogP contribution >= 0.6 is 15.9 Å². The van der Waals surface area contributed by atoms with Gasteiger partial charge in [-0.15, -0.1) is 0 Å². The predicted octanol–water partition coefficient (Wildman–Crippen LogP) is 6.79. The lowest BCUT2D eigenvalue weighted by Crippen LogP contribution is -2.62. The molecule has 0 spiro atoms. The van der Waals surface area contributed by atoms with Gasteiger partial charge in [0.05, 0.1) is 11.1 Å². The number of fused-ring (bicyclic) bond motifs is 1. The molecule has 1 amide bonds. The number of benzene rings is 3. The van der Waals surface area contributed by atoms with Crippen LogP contribution in [-0.2, 0) is 29.8 Å². The number of aliphatic hydroxyl groups excluding tert-OH is 1. The number of amides is 1. The minimum atomic E-state index is -0.229. The fraction of sp³-hybridized carbons (Fsp3) is 0.424. The highest BCUT2D eigenvalue weighted by Crippen LogP contribution is 2.59. The Bertz CT molecular complexity index is 1330. The summed E-state index contributed by atoms with van der Waals surface area (Å²) in [5.74, 6) is 1.69. The van der Waals surface area contributed by atoms with Crippen molar-refractivity contribution in [3.63, 3.8) is 0 Å². The van der Waals surface area contributed by atoms with E-state index in [-0.39, 0.29) is 37.4 Å². The normalized spacial score (nSPS) is 23.1. The maximum atomic E-state index is 13.4. The third-order valence-corrected chi connectivity index (χ3v) is 9.85. The third-order valence-electron chi connectivity index (χ3n) is 9.01. The molecular formula is C33H36BrNO5. The van der Waals surface area contributed by atoms with Crippen molar-refractivity contribution < 1.29 is 24.1 Å². The van der Waals surface area contributed by atoms with Crippen LogP contribution in [0.2, 0.25) is 0 Å². The Kier molecular flexibility index (Phi) is 8.03. The van der Waals surface area contributed by atoms with E-state index in [0.717, 1.165) is 41.3 Å². The summed E-state index contributed by atoms with van der Waals surface area (Å²) in [7, 11) is 0. The van der Waals surface area contributed by atoms with Gasteiger partial charge >= 0.3 is 6.09 Å². The van der Waals surface area contributed by atoms with Crippen molar-refractivity contribution in [1.82, 2.24) is 4.90 Å². The standard InChI is InChI=1S/C33H36BrNO5/c34-30-25-19-28-26-13-7-8-14-33(26,15-16-35(28)32(37)40-22-24-11-5-2-6-12-24)27(25)20-29(31(30)38-18-17-36)39-21-23-9-3-1-4-10-23/h1-6,9-12,20,26,28,36H,7-8,13-19,21-22H2/t26-,28+,33+/m1/s1. The Morgan fingerprint density at radius 2 is 1.70 bits per heavy atom. The number of carbonyl (C=O) groups excluding carboxylic acids is 1. The number of likely N-dealkylation sites (tertiary alicyclic amines) is 1. The van der Waals surface area contributed by atoms with Crippen molar-refractivity contribution in [2.45, 2.75) is 63.2 Å². The number of piperidine rings is 1. The maximum absolute atomic E-state index is 13.4. The van der Waals surface area contributed by atoms with Gasteiger partial charge in [-0.1, -0.05) is 73.5 Å². The quantitative estimate of drug-likeness (QED) is 0.306. The smallest absolute Gasteiger partial charge is 0.410 e. The lowest BCUT2D eigenvalue weighted by molar-refractivity contribution is -0.0140. The molecule has 40 heavy (non-hydrogen) atoms. The highest BCUT2D eigenvalue weighted by Gasteiger charge is 2.56. The lowest BCUT2D eigenvalue weighted by Gasteiger charge is -2.58. The first-order chi connectivity index (χ1) is 19.6. The van der Waals surface area contributed by atoms with E-state index in [0.29, 0.717) is 30.6 Å². The number of nitrogens with zero attached hydrogens (tertiary/aromatic N) is 1. The lowest BCUT2D eigenvalue weighted by atomic mass is 9.52. The van der Waals surface area contributed by atoms with Crippen molar-refractivity contribution >= 4 is 22.0 Å². The molecule has 3 aromatic carbocycles. The Hall–Kier alpha value is -3.03. The van der Waals surface area contributed by atoms with Crippen molar-refractivity contribution in [2.75, 3.05) is 19.8 Å². The van der Waals surface area contributed by atoms with E-state index in [4.69, 9.17) is 14.2 Å². The molecule has 0 unspecified atom stereocenters. The zero-order valence-corrected chi connectivity index (χ0v) is 24.3. The summed E-state index contributed by atoms with van der Waals surface area (Å²) < 4.78 is 19.2. The predicted molar refractivity (Wildman–Crippen MR) is 157 cm³/mol. The van der Waals surface area contributed by atoms with Gasteiger partial charge < -0.3 is 24.2 Å². The number of aliphatic hydroxyl groups is 1. The summed E-state index contributed by atoms with van der Waals surface area (Å²) in [5, 5.41) is 9.53. The minimum absolute atomic E-state index is 0.00437. The molecule has 3 aromatic rings. The summed E-state index contributed by atoms with van der Waals surface area (Å²) >= 11 is 3.89. The van der Waals surface area contributed by atoms with Crippen LogP contribution in [0.5, 0.6) is 11.5 Å². The van der Waals surface area contributed by atoms with Crippen molar-refractivity contribution in [3.8, 4) is 11.5 Å². The second-order valence-electron chi connectivity index (χ2n) is 11.2. The van der Waals surface area contributed by atoms with Crippen LogP contribution in [0.15, 0.2) is 71.2 Å². The zero-order chi connectivity index (χ0) is 27.5. The minimum Gasteiger partial charge on any atom is -0.486 e. The molecule has 6 rings (SSSR count). The van der Waals surface area contributed by atoms with Crippen LogP contribution in [0.3, 0.4) is 0 Å². The van der Waals surface area contributed by atoms with Crippen LogP contribution in [0.25, 0.3) is 0 Å². The Balaban J connectivity index is 1.33. The number of hydrogen-bond donors (Lipinski definition) is 1. The van der Waals surface area contributed by atoms with E-state index in [9.17, 15) is 9.90 Å². The second-order valence-corrected chi connectivity index (χ2v) is 11.9. The molecule has 3 atom stereocenters. The monoisotopic (exact) mass is 605 g/mol.